The van der Waals surface area contributed by atoms with Gasteiger partial charge in [-0.2, -0.15) is 10.4 Å². The highest BCUT2D eigenvalue weighted by atomic mass is 19.1. The maximum Gasteiger partial charge on any atom is 0.155 e. The zero-order chi connectivity index (χ0) is 27.7. The van der Waals surface area contributed by atoms with Crippen LogP contribution in [0.1, 0.15) is 22.3 Å². The monoisotopic (exact) mass is 526 g/mol. The Morgan fingerprint density at radius 1 is 0.750 bits per heavy atom. The standard InChI is InChI=1S/C34H24F2N4/c1-38-33-28-21-23(31-29(35)19-17-24(22-37)32(31)36)18-20-30(28)40(39-33)34(25-11-5-2-6-12-25,26-13-7-3-8-14-26)27-15-9-4-10-16-27/h2-21H,1H3,(H,38,39). The molecule has 0 saturated heterocycles. The highest BCUT2D eigenvalue weighted by Crippen LogP contribution is 2.44. The number of nitrogens with zero attached hydrogens (tertiary/aromatic N) is 3. The number of halogens is 2. The molecule has 0 fully saturated rings. The van der Waals surface area contributed by atoms with Crippen LogP contribution in [0.2, 0.25) is 0 Å². The summed E-state index contributed by atoms with van der Waals surface area (Å²) in [7, 11) is 1.77. The summed E-state index contributed by atoms with van der Waals surface area (Å²) < 4.78 is 32.1. The van der Waals surface area contributed by atoms with Crippen molar-refractivity contribution in [1.82, 2.24) is 9.78 Å². The van der Waals surface area contributed by atoms with Gasteiger partial charge in [0.1, 0.15) is 17.4 Å². The molecule has 0 bridgehead atoms. The Bertz CT molecular complexity index is 1760. The van der Waals surface area contributed by atoms with E-state index in [1.165, 1.54) is 0 Å². The first kappa shape index (κ1) is 25.0. The van der Waals surface area contributed by atoms with E-state index >= 15 is 4.39 Å². The van der Waals surface area contributed by atoms with E-state index in [-0.39, 0.29) is 11.1 Å². The first-order valence-electron chi connectivity index (χ1n) is 12.9. The van der Waals surface area contributed by atoms with Gasteiger partial charge in [-0.1, -0.05) is 97.1 Å². The van der Waals surface area contributed by atoms with E-state index in [4.69, 9.17) is 5.10 Å². The molecule has 6 rings (SSSR count). The predicted molar refractivity (Wildman–Crippen MR) is 154 cm³/mol. The van der Waals surface area contributed by atoms with Gasteiger partial charge in [-0.05, 0) is 46.5 Å². The Morgan fingerprint density at radius 3 is 1.80 bits per heavy atom. The number of benzene rings is 5. The van der Waals surface area contributed by atoms with Gasteiger partial charge in [-0.15, -0.1) is 0 Å². The van der Waals surface area contributed by atoms with Crippen molar-refractivity contribution in [2.45, 2.75) is 5.54 Å². The van der Waals surface area contributed by atoms with Gasteiger partial charge in [0.05, 0.1) is 16.6 Å². The van der Waals surface area contributed by atoms with Crippen LogP contribution in [0.15, 0.2) is 121 Å². The van der Waals surface area contributed by atoms with Crippen molar-refractivity contribution >= 4 is 16.7 Å². The van der Waals surface area contributed by atoms with Crippen molar-refractivity contribution in [3.05, 3.63) is 155 Å². The van der Waals surface area contributed by atoms with Crippen molar-refractivity contribution in [3.8, 4) is 17.2 Å². The van der Waals surface area contributed by atoms with Crippen molar-refractivity contribution in [1.29, 1.82) is 5.26 Å². The molecule has 0 saturated carbocycles. The second-order valence-electron chi connectivity index (χ2n) is 9.45. The number of fused-ring (bicyclic) bond motifs is 1. The highest BCUT2D eigenvalue weighted by Gasteiger charge is 2.41. The molecule has 194 valence electrons. The quantitative estimate of drug-likeness (QED) is 0.226. The summed E-state index contributed by atoms with van der Waals surface area (Å²) in [5.41, 5.74) is 2.78. The second-order valence-corrected chi connectivity index (χ2v) is 9.45. The molecule has 4 nitrogen and oxygen atoms in total. The number of aromatic nitrogens is 2. The molecule has 0 aliphatic rings. The summed E-state index contributed by atoms with van der Waals surface area (Å²) in [6.07, 6.45) is 0. The third-order valence-electron chi connectivity index (χ3n) is 7.31. The summed E-state index contributed by atoms with van der Waals surface area (Å²) in [4.78, 5) is 0. The van der Waals surface area contributed by atoms with Crippen LogP contribution in [0.3, 0.4) is 0 Å². The van der Waals surface area contributed by atoms with Crippen LogP contribution in [0.5, 0.6) is 0 Å². The largest absolute Gasteiger partial charge is 0.371 e. The summed E-state index contributed by atoms with van der Waals surface area (Å²) in [6.45, 7) is 0. The fourth-order valence-electron chi connectivity index (χ4n) is 5.52. The lowest BCUT2D eigenvalue weighted by Crippen LogP contribution is -2.38. The third-order valence-corrected chi connectivity index (χ3v) is 7.31. The molecule has 0 atom stereocenters. The third kappa shape index (κ3) is 3.83. The zero-order valence-electron chi connectivity index (χ0n) is 21.6. The Morgan fingerprint density at radius 2 is 1.30 bits per heavy atom. The average molecular weight is 527 g/mol. The maximum absolute atomic E-state index is 15.2. The van der Waals surface area contributed by atoms with E-state index in [0.29, 0.717) is 16.8 Å². The first-order valence-corrected chi connectivity index (χ1v) is 12.9. The fraction of sp³-hybridized carbons (Fsp3) is 0.0588. The molecule has 1 aromatic heterocycles. The number of nitriles is 1. The molecule has 5 aromatic carbocycles. The summed E-state index contributed by atoms with van der Waals surface area (Å²) >= 11 is 0. The molecule has 6 heteroatoms. The minimum Gasteiger partial charge on any atom is -0.371 e. The molecule has 0 spiro atoms. The molecular formula is C34H24F2N4. The molecular weight excluding hydrogens is 502 g/mol. The Kier molecular flexibility index (Phi) is 6.33. The molecule has 1 heterocycles. The van der Waals surface area contributed by atoms with Gasteiger partial charge in [0.15, 0.2) is 11.6 Å². The zero-order valence-corrected chi connectivity index (χ0v) is 21.6. The molecule has 0 aliphatic carbocycles. The van der Waals surface area contributed by atoms with E-state index < -0.39 is 17.2 Å². The van der Waals surface area contributed by atoms with E-state index in [9.17, 15) is 9.65 Å². The lowest BCUT2D eigenvalue weighted by molar-refractivity contribution is 0.477. The minimum atomic E-state index is -0.882. The van der Waals surface area contributed by atoms with Gasteiger partial charge in [-0.3, -0.25) is 0 Å². The van der Waals surface area contributed by atoms with E-state index in [1.807, 2.05) is 65.3 Å². The summed E-state index contributed by atoms with van der Waals surface area (Å²) in [5.74, 6) is -1.06. The predicted octanol–water partition coefficient (Wildman–Crippen LogP) is 7.74. The Balaban J connectivity index is 1.71. The van der Waals surface area contributed by atoms with Crippen LogP contribution in [0.4, 0.5) is 14.6 Å². The van der Waals surface area contributed by atoms with Crippen LogP contribution in [0.25, 0.3) is 22.0 Å². The molecule has 6 aromatic rings. The first-order chi connectivity index (χ1) is 19.6. The lowest BCUT2D eigenvalue weighted by Gasteiger charge is -2.37. The number of rotatable bonds is 6. The molecule has 0 amide bonds. The maximum atomic E-state index is 15.2. The van der Waals surface area contributed by atoms with Crippen LogP contribution < -0.4 is 5.32 Å². The van der Waals surface area contributed by atoms with Gasteiger partial charge in [0, 0.05) is 12.4 Å². The van der Waals surface area contributed by atoms with Gasteiger partial charge >= 0.3 is 0 Å². The van der Waals surface area contributed by atoms with Gasteiger partial charge in [0.2, 0.25) is 0 Å². The van der Waals surface area contributed by atoms with Crippen molar-refractivity contribution in [3.63, 3.8) is 0 Å². The SMILES string of the molecule is CNc1nn(C(c2ccccc2)(c2ccccc2)c2ccccc2)c2ccc(-c3c(F)ccc(C#N)c3F)cc12. The highest BCUT2D eigenvalue weighted by molar-refractivity contribution is 5.94. The molecule has 0 unspecified atom stereocenters. The van der Waals surface area contributed by atoms with Crippen LogP contribution in [-0.2, 0) is 5.54 Å². The fourth-order valence-corrected chi connectivity index (χ4v) is 5.52. The summed E-state index contributed by atoms with van der Waals surface area (Å²) in [6, 6.07) is 39.8. The van der Waals surface area contributed by atoms with Crippen molar-refractivity contribution in [2.75, 3.05) is 12.4 Å². The van der Waals surface area contributed by atoms with E-state index in [1.54, 1.807) is 25.2 Å². The van der Waals surface area contributed by atoms with Gasteiger partial charge < -0.3 is 5.32 Å². The number of nitrogens with one attached hydrogen (secondary N) is 1. The van der Waals surface area contributed by atoms with Crippen LogP contribution in [0, 0.1) is 23.0 Å². The number of hydrogen-bond acceptors (Lipinski definition) is 3. The molecule has 0 aliphatic heterocycles. The normalized spacial score (nSPS) is 11.3. The molecule has 40 heavy (non-hydrogen) atoms. The van der Waals surface area contributed by atoms with E-state index in [0.717, 1.165) is 34.3 Å². The van der Waals surface area contributed by atoms with Gasteiger partial charge in [-0.25, -0.2) is 13.5 Å². The van der Waals surface area contributed by atoms with Crippen molar-refractivity contribution in [2.24, 2.45) is 0 Å². The van der Waals surface area contributed by atoms with E-state index in [2.05, 4.69) is 41.7 Å². The smallest absolute Gasteiger partial charge is 0.155 e. The Labute approximate surface area is 230 Å². The van der Waals surface area contributed by atoms with Crippen LogP contribution in [-0.4, -0.2) is 16.8 Å². The molecule has 1 N–H and O–H groups in total. The second kappa shape index (κ2) is 10.1. The van der Waals surface area contributed by atoms with Crippen LogP contribution >= 0.6 is 0 Å². The van der Waals surface area contributed by atoms with Crippen molar-refractivity contribution < 1.29 is 8.78 Å². The Hall–Kier alpha value is -5.28. The van der Waals surface area contributed by atoms with Gasteiger partial charge in [0.25, 0.3) is 0 Å². The average Bonchev–Trinajstić information content (AvgIpc) is 3.38. The molecule has 0 radical (unpaired) electrons. The number of hydrogen-bond donors (Lipinski definition) is 1. The lowest BCUT2D eigenvalue weighted by atomic mass is 9.77. The topological polar surface area (TPSA) is 53.6 Å². The minimum absolute atomic E-state index is 0.211. The summed E-state index contributed by atoms with van der Waals surface area (Å²) in [5, 5.41) is 18.3. The number of anilines is 1.